The van der Waals surface area contributed by atoms with Gasteiger partial charge in [0.2, 0.25) is 0 Å². The minimum Gasteiger partial charge on any atom is -1.00 e. The standard InChI is InChI=1S/C21H27NO3.BrH/c1-4-22(5-2,6-3)14-15-25-18-12-13-19(20(23)16-18)21(24)17-10-8-7-9-11-17;/h7-13,16H,4-6,14-15H2,1-3H3;1H. The highest BCUT2D eigenvalue weighted by molar-refractivity contribution is 6.10. The van der Waals surface area contributed by atoms with Gasteiger partial charge in [-0.2, -0.15) is 0 Å². The van der Waals surface area contributed by atoms with Crippen LogP contribution >= 0.6 is 0 Å². The van der Waals surface area contributed by atoms with Crippen molar-refractivity contribution in [1.29, 1.82) is 0 Å². The Balaban J connectivity index is 0.00000338. The van der Waals surface area contributed by atoms with Crippen LogP contribution < -0.4 is 21.7 Å². The van der Waals surface area contributed by atoms with E-state index in [1.54, 1.807) is 24.3 Å². The molecule has 0 aromatic heterocycles. The average molecular weight is 422 g/mol. The van der Waals surface area contributed by atoms with Gasteiger partial charge in [-0.25, -0.2) is 0 Å². The summed E-state index contributed by atoms with van der Waals surface area (Å²) in [5.41, 5.74) is 0.849. The summed E-state index contributed by atoms with van der Waals surface area (Å²) >= 11 is 0. The highest BCUT2D eigenvalue weighted by Gasteiger charge is 2.20. The molecule has 0 aliphatic carbocycles. The van der Waals surface area contributed by atoms with Gasteiger partial charge in [-0.3, -0.25) is 4.79 Å². The van der Waals surface area contributed by atoms with Gasteiger partial charge in [-0.15, -0.1) is 0 Å². The van der Waals surface area contributed by atoms with Crippen LogP contribution in [0.5, 0.6) is 11.5 Å². The molecule has 0 atom stereocenters. The molecule has 0 heterocycles. The van der Waals surface area contributed by atoms with Gasteiger partial charge in [0.05, 0.1) is 25.2 Å². The number of benzene rings is 2. The van der Waals surface area contributed by atoms with Crippen LogP contribution in [-0.4, -0.2) is 48.2 Å². The smallest absolute Gasteiger partial charge is 0.196 e. The minimum atomic E-state index is -0.191. The maximum Gasteiger partial charge on any atom is 0.196 e. The summed E-state index contributed by atoms with van der Waals surface area (Å²) in [6, 6.07) is 13.8. The van der Waals surface area contributed by atoms with Crippen LogP contribution in [0, 0.1) is 0 Å². The first-order valence-electron chi connectivity index (χ1n) is 8.96. The zero-order chi connectivity index (χ0) is 18.3. The normalized spacial score (nSPS) is 10.9. The number of halogens is 1. The van der Waals surface area contributed by atoms with Gasteiger partial charge in [-0.05, 0) is 32.9 Å². The van der Waals surface area contributed by atoms with Gasteiger partial charge in [0.1, 0.15) is 24.7 Å². The topological polar surface area (TPSA) is 46.5 Å². The third-order valence-corrected chi connectivity index (χ3v) is 5.10. The maximum absolute atomic E-state index is 12.4. The molecule has 0 spiro atoms. The Morgan fingerprint density at radius 2 is 1.62 bits per heavy atom. The molecule has 0 saturated heterocycles. The number of quaternary nitrogens is 1. The van der Waals surface area contributed by atoms with Gasteiger partial charge in [0.25, 0.3) is 0 Å². The van der Waals surface area contributed by atoms with Crippen LogP contribution in [0.4, 0.5) is 0 Å². The van der Waals surface area contributed by atoms with E-state index in [-0.39, 0.29) is 28.5 Å². The third kappa shape index (κ3) is 5.32. The van der Waals surface area contributed by atoms with Crippen molar-refractivity contribution in [3.8, 4) is 11.5 Å². The molecule has 0 radical (unpaired) electrons. The van der Waals surface area contributed by atoms with E-state index in [0.29, 0.717) is 23.5 Å². The second kappa shape index (κ2) is 10.3. The quantitative estimate of drug-likeness (QED) is 0.482. The SMILES string of the molecule is CC[N+](CC)(CC)CCOc1ccc(C(=O)c2ccccc2)c(O)c1.[Br-]. The molecule has 2 rings (SSSR count). The van der Waals surface area contributed by atoms with Gasteiger partial charge in [0.15, 0.2) is 5.78 Å². The lowest BCUT2D eigenvalue weighted by Gasteiger charge is -2.35. The summed E-state index contributed by atoms with van der Waals surface area (Å²) in [6.07, 6.45) is 0. The minimum absolute atomic E-state index is 0. The molecule has 0 saturated carbocycles. The molecule has 0 amide bonds. The predicted molar refractivity (Wildman–Crippen MR) is 100 cm³/mol. The summed E-state index contributed by atoms with van der Waals surface area (Å²) < 4.78 is 6.81. The molecule has 0 bridgehead atoms. The van der Waals surface area contributed by atoms with Crippen molar-refractivity contribution in [1.82, 2.24) is 0 Å². The number of ether oxygens (including phenoxy) is 1. The number of carbonyl (C=O) groups excluding carboxylic acids is 1. The fraction of sp³-hybridized carbons (Fsp3) is 0.381. The lowest BCUT2D eigenvalue weighted by molar-refractivity contribution is -0.923. The Morgan fingerprint density at radius 1 is 1.00 bits per heavy atom. The van der Waals surface area contributed by atoms with Crippen molar-refractivity contribution in [2.75, 3.05) is 32.8 Å². The Kier molecular flexibility index (Phi) is 8.82. The van der Waals surface area contributed by atoms with Crippen LogP contribution in [-0.2, 0) is 0 Å². The van der Waals surface area contributed by atoms with Crippen molar-refractivity contribution in [3.63, 3.8) is 0 Å². The van der Waals surface area contributed by atoms with Crippen molar-refractivity contribution in [2.24, 2.45) is 0 Å². The molecule has 2 aromatic rings. The Labute approximate surface area is 166 Å². The number of nitrogens with zero attached hydrogens (tertiary/aromatic N) is 1. The van der Waals surface area contributed by atoms with Crippen LogP contribution in [0.15, 0.2) is 48.5 Å². The molecule has 5 heteroatoms. The molecule has 0 unspecified atom stereocenters. The second-order valence-corrected chi connectivity index (χ2v) is 6.24. The molecule has 4 nitrogen and oxygen atoms in total. The second-order valence-electron chi connectivity index (χ2n) is 6.24. The number of carbonyl (C=O) groups is 1. The summed E-state index contributed by atoms with van der Waals surface area (Å²) in [4.78, 5) is 12.4. The monoisotopic (exact) mass is 421 g/mol. The Morgan fingerprint density at radius 3 is 2.15 bits per heavy atom. The van der Waals surface area contributed by atoms with Crippen LogP contribution in [0.3, 0.4) is 0 Å². The molecule has 142 valence electrons. The number of hydrogen-bond donors (Lipinski definition) is 1. The number of rotatable bonds is 9. The fourth-order valence-corrected chi connectivity index (χ4v) is 3.04. The van der Waals surface area contributed by atoms with Crippen molar-refractivity contribution >= 4 is 5.78 Å². The van der Waals surface area contributed by atoms with Crippen molar-refractivity contribution < 1.29 is 36.1 Å². The number of phenols is 1. The third-order valence-electron chi connectivity index (χ3n) is 5.10. The van der Waals surface area contributed by atoms with Gasteiger partial charge in [-0.1, -0.05) is 30.3 Å². The van der Waals surface area contributed by atoms with Crippen molar-refractivity contribution in [2.45, 2.75) is 20.8 Å². The highest BCUT2D eigenvalue weighted by Crippen LogP contribution is 2.26. The average Bonchev–Trinajstić information content (AvgIpc) is 2.66. The first-order chi connectivity index (χ1) is 12.0. The molecule has 0 aliphatic rings. The van der Waals surface area contributed by atoms with Crippen LogP contribution in [0.25, 0.3) is 0 Å². The van der Waals surface area contributed by atoms with E-state index in [1.165, 1.54) is 6.07 Å². The van der Waals surface area contributed by atoms with E-state index in [0.717, 1.165) is 30.7 Å². The van der Waals surface area contributed by atoms with E-state index >= 15 is 0 Å². The van der Waals surface area contributed by atoms with E-state index in [4.69, 9.17) is 4.74 Å². The number of aromatic hydroxyl groups is 1. The van der Waals surface area contributed by atoms with Gasteiger partial charge < -0.3 is 31.3 Å². The lowest BCUT2D eigenvalue weighted by atomic mass is 10.0. The summed E-state index contributed by atoms with van der Waals surface area (Å²) in [7, 11) is 0. The first kappa shape index (κ1) is 22.2. The molecule has 0 aliphatic heterocycles. The number of likely N-dealkylation sites (N-methyl/N-ethyl adjacent to an activating group) is 1. The molecule has 26 heavy (non-hydrogen) atoms. The number of phenolic OH excluding ortho intramolecular Hbond substituents is 1. The summed E-state index contributed by atoms with van der Waals surface area (Å²) in [5.74, 6) is 0.348. The zero-order valence-corrected chi connectivity index (χ0v) is 17.3. The Hall–Kier alpha value is -1.85. The number of hydrogen-bond acceptors (Lipinski definition) is 3. The fourth-order valence-electron chi connectivity index (χ4n) is 3.04. The van der Waals surface area contributed by atoms with Gasteiger partial charge in [0, 0.05) is 11.6 Å². The van der Waals surface area contributed by atoms with Crippen LogP contribution in [0.1, 0.15) is 36.7 Å². The molecular weight excluding hydrogens is 394 g/mol. The van der Waals surface area contributed by atoms with Gasteiger partial charge >= 0.3 is 0 Å². The molecule has 0 fully saturated rings. The largest absolute Gasteiger partial charge is 1.00 e. The van der Waals surface area contributed by atoms with Crippen LogP contribution in [0.2, 0.25) is 0 Å². The predicted octanol–water partition coefficient (Wildman–Crippen LogP) is 0.883. The zero-order valence-electron chi connectivity index (χ0n) is 15.7. The summed E-state index contributed by atoms with van der Waals surface area (Å²) in [5, 5.41) is 10.2. The summed E-state index contributed by atoms with van der Waals surface area (Å²) in [6.45, 7) is 11.3. The molecule has 2 aromatic carbocycles. The van der Waals surface area contributed by atoms with E-state index in [9.17, 15) is 9.90 Å². The Bertz CT molecular complexity index is 691. The van der Waals surface area contributed by atoms with E-state index in [1.807, 2.05) is 18.2 Å². The maximum atomic E-state index is 12.4. The first-order valence-corrected chi connectivity index (χ1v) is 8.96. The molecular formula is C21H28BrNO3. The van der Waals surface area contributed by atoms with Crippen molar-refractivity contribution in [3.05, 3.63) is 59.7 Å². The lowest BCUT2D eigenvalue weighted by Crippen LogP contribution is -3.00. The van der Waals surface area contributed by atoms with E-state index < -0.39 is 0 Å². The number of ketones is 1. The molecule has 1 N–H and O–H groups in total. The van der Waals surface area contributed by atoms with E-state index in [2.05, 4.69) is 20.8 Å². The highest BCUT2D eigenvalue weighted by atomic mass is 79.9.